The van der Waals surface area contributed by atoms with E-state index in [4.69, 9.17) is 0 Å². The Morgan fingerprint density at radius 1 is 1.38 bits per heavy atom. The molecule has 2 unspecified atom stereocenters. The molecule has 3 heteroatoms. The number of ketones is 1. The van der Waals surface area contributed by atoms with Gasteiger partial charge in [-0.15, -0.1) is 0 Å². The highest BCUT2D eigenvalue weighted by Gasteiger charge is 2.37. The maximum atomic E-state index is 12.3. The minimum absolute atomic E-state index is 0.163. The number of halogens is 1. The van der Waals surface area contributed by atoms with E-state index >= 15 is 0 Å². The van der Waals surface area contributed by atoms with Crippen LogP contribution >= 0.6 is 15.9 Å². The lowest BCUT2D eigenvalue weighted by Crippen LogP contribution is -2.33. The Morgan fingerprint density at radius 3 is 2.94 bits per heavy atom. The number of nitrogens with one attached hydrogen (secondary N) is 1. The second-order valence-electron chi connectivity index (χ2n) is 4.64. The van der Waals surface area contributed by atoms with Gasteiger partial charge in [-0.1, -0.05) is 28.1 Å². The van der Waals surface area contributed by atoms with Crippen LogP contribution in [0.15, 0.2) is 22.7 Å². The maximum Gasteiger partial charge on any atom is 0.168 e. The van der Waals surface area contributed by atoms with E-state index in [0.29, 0.717) is 11.8 Å². The van der Waals surface area contributed by atoms with Crippen molar-refractivity contribution in [3.63, 3.8) is 0 Å². The molecule has 0 spiro atoms. The molecule has 1 aromatic rings. The molecule has 2 aliphatic rings. The normalized spacial score (nSPS) is 28.4. The molecule has 84 valence electrons. The first kappa shape index (κ1) is 10.5. The van der Waals surface area contributed by atoms with Crippen LogP contribution < -0.4 is 5.32 Å². The molecule has 0 radical (unpaired) electrons. The molecule has 2 atom stereocenters. The SMILES string of the molecule is O=C1c2cccc(Br)c2CC1C1CCCN1. The predicted octanol–water partition coefficient (Wildman–Crippen LogP) is 2.56. The topological polar surface area (TPSA) is 29.1 Å². The molecule has 1 heterocycles. The Bertz CT molecular complexity index is 438. The second-order valence-corrected chi connectivity index (χ2v) is 5.50. The van der Waals surface area contributed by atoms with Gasteiger partial charge in [-0.05, 0) is 37.4 Å². The Labute approximate surface area is 104 Å². The summed E-state index contributed by atoms with van der Waals surface area (Å²) in [4.78, 5) is 12.3. The fraction of sp³-hybridized carbons (Fsp3) is 0.462. The number of hydrogen-bond donors (Lipinski definition) is 1. The lowest BCUT2D eigenvalue weighted by Gasteiger charge is -2.16. The van der Waals surface area contributed by atoms with Crippen LogP contribution in [0, 0.1) is 5.92 Å². The van der Waals surface area contributed by atoms with Crippen LogP contribution in [0.4, 0.5) is 0 Å². The van der Waals surface area contributed by atoms with Gasteiger partial charge in [0.05, 0.1) is 0 Å². The predicted molar refractivity (Wildman–Crippen MR) is 66.7 cm³/mol. The van der Waals surface area contributed by atoms with E-state index in [9.17, 15) is 4.79 Å². The highest BCUT2D eigenvalue weighted by atomic mass is 79.9. The summed E-state index contributed by atoms with van der Waals surface area (Å²) in [6.45, 7) is 1.06. The number of rotatable bonds is 1. The standard InChI is InChI=1S/C13H14BrNO/c14-11-4-1-3-8-9(11)7-10(13(8)16)12-5-2-6-15-12/h1,3-4,10,12,15H,2,5-7H2. The Balaban J connectivity index is 1.94. The number of carbonyl (C=O) groups excluding carboxylic acids is 1. The molecule has 0 bridgehead atoms. The number of benzene rings is 1. The zero-order valence-electron chi connectivity index (χ0n) is 9.00. The van der Waals surface area contributed by atoms with Gasteiger partial charge in [0.2, 0.25) is 0 Å². The largest absolute Gasteiger partial charge is 0.313 e. The molecule has 1 N–H and O–H groups in total. The van der Waals surface area contributed by atoms with Crippen molar-refractivity contribution in [2.75, 3.05) is 6.54 Å². The van der Waals surface area contributed by atoms with Gasteiger partial charge in [-0.2, -0.15) is 0 Å². The molecule has 0 aromatic heterocycles. The zero-order chi connectivity index (χ0) is 11.1. The zero-order valence-corrected chi connectivity index (χ0v) is 10.6. The number of carbonyl (C=O) groups is 1. The van der Waals surface area contributed by atoms with Crippen molar-refractivity contribution < 1.29 is 4.79 Å². The number of hydrogen-bond acceptors (Lipinski definition) is 2. The first-order chi connectivity index (χ1) is 7.77. The van der Waals surface area contributed by atoms with Gasteiger partial charge in [0.1, 0.15) is 0 Å². The van der Waals surface area contributed by atoms with Gasteiger partial charge in [0.15, 0.2) is 5.78 Å². The lowest BCUT2D eigenvalue weighted by molar-refractivity contribution is 0.0914. The molecule has 3 rings (SSSR count). The van der Waals surface area contributed by atoms with E-state index < -0.39 is 0 Å². The van der Waals surface area contributed by atoms with Crippen molar-refractivity contribution in [1.82, 2.24) is 5.32 Å². The smallest absolute Gasteiger partial charge is 0.168 e. The first-order valence-corrected chi connectivity index (χ1v) is 6.61. The van der Waals surface area contributed by atoms with Gasteiger partial charge in [0, 0.05) is 22.0 Å². The molecular weight excluding hydrogens is 266 g/mol. The highest BCUT2D eigenvalue weighted by Crippen LogP contribution is 2.35. The van der Waals surface area contributed by atoms with Crippen LogP contribution in [0.3, 0.4) is 0 Å². The average molecular weight is 280 g/mol. The van der Waals surface area contributed by atoms with E-state index in [1.165, 1.54) is 12.0 Å². The minimum atomic E-state index is 0.163. The summed E-state index contributed by atoms with van der Waals surface area (Å²) in [6, 6.07) is 6.32. The quantitative estimate of drug-likeness (QED) is 0.856. The van der Waals surface area contributed by atoms with E-state index in [-0.39, 0.29) is 5.92 Å². The van der Waals surface area contributed by atoms with E-state index in [2.05, 4.69) is 21.2 Å². The number of fused-ring (bicyclic) bond motifs is 1. The Hall–Kier alpha value is -0.670. The van der Waals surface area contributed by atoms with Crippen LogP contribution in [0.5, 0.6) is 0 Å². The second kappa shape index (κ2) is 3.97. The molecule has 1 fully saturated rings. The Morgan fingerprint density at radius 2 is 2.25 bits per heavy atom. The van der Waals surface area contributed by atoms with Gasteiger partial charge >= 0.3 is 0 Å². The molecule has 1 aliphatic carbocycles. The minimum Gasteiger partial charge on any atom is -0.313 e. The van der Waals surface area contributed by atoms with Crippen LogP contribution in [-0.4, -0.2) is 18.4 Å². The highest BCUT2D eigenvalue weighted by molar-refractivity contribution is 9.10. The molecule has 1 saturated heterocycles. The van der Waals surface area contributed by atoms with Gasteiger partial charge in [-0.25, -0.2) is 0 Å². The summed E-state index contributed by atoms with van der Waals surface area (Å²) in [5.74, 6) is 0.492. The molecule has 16 heavy (non-hydrogen) atoms. The third kappa shape index (κ3) is 1.54. The monoisotopic (exact) mass is 279 g/mol. The molecule has 1 aromatic carbocycles. The van der Waals surface area contributed by atoms with Gasteiger partial charge in [-0.3, -0.25) is 4.79 Å². The van der Waals surface area contributed by atoms with E-state index in [1.54, 1.807) is 0 Å². The summed E-state index contributed by atoms with van der Waals surface area (Å²) < 4.78 is 1.08. The van der Waals surface area contributed by atoms with Crippen molar-refractivity contribution >= 4 is 21.7 Å². The van der Waals surface area contributed by atoms with Crippen molar-refractivity contribution in [2.45, 2.75) is 25.3 Å². The van der Waals surface area contributed by atoms with Crippen molar-refractivity contribution in [3.8, 4) is 0 Å². The maximum absolute atomic E-state index is 12.3. The molecular formula is C13H14BrNO. The van der Waals surface area contributed by atoms with Gasteiger partial charge in [0.25, 0.3) is 0 Å². The van der Waals surface area contributed by atoms with E-state index in [0.717, 1.165) is 29.4 Å². The van der Waals surface area contributed by atoms with Crippen molar-refractivity contribution in [1.29, 1.82) is 0 Å². The lowest BCUT2D eigenvalue weighted by atomic mass is 9.94. The third-order valence-electron chi connectivity index (χ3n) is 3.73. The van der Waals surface area contributed by atoms with E-state index in [1.807, 2.05) is 18.2 Å². The molecule has 0 saturated carbocycles. The van der Waals surface area contributed by atoms with Crippen molar-refractivity contribution in [2.24, 2.45) is 5.92 Å². The van der Waals surface area contributed by atoms with Crippen LogP contribution in [-0.2, 0) is 6.42 Å². The molecule has 2 nitrogen and oxygen atoms in total. The fourth-order valence-electron chi connectivity index (χ4n) is 2.89. The number of Topliss-reactive ketones (excluding diaryl/α,β-unsaturated/α-hetero) is 1. The van der Waals surface area contributed by atoms with Crippen LogP contribution in [0.2, 0.25) is 0 Å². The fourth-order valence-corrected chi connectivity index (χ4v) is 3.42. The van der Waals surface area contributed by atoms with Gasteiger partial charge < -0.3 is 5.32 Å². The molecule has 1 aliphatic heterocycles. The summed E-state index contributed by atoms with van der Waals surface area (Å²) in [5.41, 5.74) is 2.12. The summed E-state index contributed by atoms with van der Waals surface area (Å²) in [6.07, 6.45) is 3.24. The molecule has 0 amide bonds. The Kier molecular flexibility index (Phi) is 2.60. The van der Waals surface area contributed by atoms with Crippen molar-refractivity contribution in [3.05, 3.63) is 33.8 Å². The summed E-state index contributed by atoms with van der Waals surface area (Å²) in [5, 5.41) is 3.45. The van der Waals surface area contributed by atoms with Crippen LogP contribution in [0.25, 0.3) is 0 Å². The first-order valence-electron chi connectivity index (χ1n) is 5.82. The summed E-state index contributed by atoms with van der Waals surface area (Å²) in [7, 11) is 0. The van der Waals surface area contributed by atoms with Crippen LogP contribution in [0.1, 0.15) is 28.8 Å². The third-order valence-corrected chi connectivity index (χ3v) is 4.47. The summed E-state index contributed by atoms with van der Waals surface area (Å²) >= 11 is 3.54. The average Bonchev–Trinajstić information content (AvgIpc) is 2.88.